The van der Waals surface area contributed by atoms with E-state index in [1.165, 1.54) is 0 Å². The van der Waals surface area contributed by atoms with Crippen molar-refractivity contribution in [3.8, 4) is 0 Å². The van der Waals surface area contributed by atoms with Crippen LogP contribution in [0.3, 0.4) is 0 Å². The third kappa shape index (κ3) is 4.77. The first-order chi connectivity index (χ1) is 12.5. The second-order valence-electron chi connectivity index (χ2n) is 7.46. The number of carbonyl (C=O) groups is 2. The predicted molar refractivity (Wildman–Crippen MR) is 103 cm³/mol. The van der Waals surface area contributed by atoms with E-state index in [9.17, 15) is 9.59 Å². The number of carbonyl (C=O) groups excluding carboxylic acids is 2. The van der Waals surface area contributed by atoms with E-state index >= 15 is 0 Å². The lowest BCUT2D eigenvalue weighted by molar-refractivity contribution is -0.135. The molecule has 0 spiro atoms. The SMILES string of the molecule is CC(CC(=O)N1CCNCC1c1cccc(Cl)c1)NC(=O)C1CCCC1. The third-order valence-corrected chi connectivity index (χ3v) is 5.63. The Kier molecular flexibility index (Phi) is 6.54. The molecule has 3 rings (SSSR count). The average Bonchev–Trinajstić information content (AvgIpc) is 3.16. The molecule has 2 fully saturated rings. The molecular weight excluding hydrogens is 350 g/mol. The molecule has 1 aromatic carbocycles. The Labute approximate surface area is 160 Å². The minimum Gasteiger partial charge on any atom is -0.353 e. The number of amides is 2. The molecule has 5 nitrogen and oxygen atoms in total. The van der Waals surface area contributed by atoms with E-state index in [1.807, 2.05) is 36.1 Å². The van der Waals surface area contributed by atoms with Gasteiger partial charge in [-0.3, -0.25) is 9.59 Å². The van der Waals surface area contributed by atoms with Crippen LogP contribution in [0.2, 0.25) is 5.02 Å². The standard InChI is InChI=1S/C20H28ClN3O2/c1-14(23-20(26)15-5-2-3-6-15)11-19(25)24-10-9-22-13-18(24)16-7-4-8-17(21)12-16/h4,7-8,12,14-15,18,22H,2-3,5-6,9-11,13H2,1H3,(H,23,26). The second-order valence-corrected chi connectivity index (χ2v) is 7.89. The van der Waals surface area contributed by atoms with Crippen molar-refractivity contribution >= 4 is 23.4 Å². The summed E-state index contributed by atoms with van der Waals surface area (Å²) in [6, 6.07) is 7.52. The van der Waals surface area contributed by atoms with Crippen molar-refractivity contribution in [1.29, 1.82) is 0 Å². The van der Waals surface area contributed by atoms with Gasteiger partial charge < -0.3 is 15.5 Å². The molecule has 1 saturated carbocycles. The van der Waals surface area contributed by atoms with Crippen molar-refractivity contribution in [2.45, 2.75) is 51.1 Å². The molecule has 2 atom stereocenters. The number of benzene rings is 1. The number of hydrogen-bond donors (Lipinski definition) is 2. The van der Waals surface area contributed by atoms with Gasteiger partial charge in [0.1, 0.15) is 0 Å². The molecule has 1 saturated heterocycles. The van der Waals surface area contributed by atoms with Gasteiger partial charge in [0.2, 0.25) is 11.8 Å². The molecule has 2 N–H and O–H groups in total. The van der Waals surface area contributed by atoms with Crippen molar-refractivity contribution in [3.05, 3.63) is 34.9 Å². The van der Waals surface area contributed by atoms with E-state index < -0.39 is 0 Å². The van der Waals surface area contributed by atoms with Crippen LogP contribution in [0.15, 0.2) is 24.3 Å². The predicted octanol–water partition coefficient (Wildman–Crippen LogP) is 2.90. The topological polar surface area (TPSA) is 61.4 Å². The van der Waals surface area contributed by atoms with Crippen LogP contribution in [0.5, 0.6) is 0 Å². The summed E-state index contributed by atoms with van der Waals surface area (Å²) in [4.78, 5) is 27.1. The van der Waals surface area contributed by atoms with Crippen molar-refractivity contribution in [1.82, 2.24) is 15.5 Å². The monoisotopic (exact) mass is 377 g/mol. The zero-order valence-corrected chi connectivity index (χ0v) is 16.1. The van der Waals surface area contributed by atoms with Crippen LogP contribution in [0.1, 0.15) is 50.6 Å². The van der Waals surface area contributed by atoms with E-state index in [0.29, 0.717) is 18.0 Å². The van der Waals surface area contributed by atoms with Gasteiger partial charge >= 0.3 is 0 Å². The second kappa shape index (κ2) is 8.87. The molecule has 6 heteroatoms. The number of nitrogens with one attached hydrogen (secondary N) is 2. The van der Waals surface area contributed by atoms with E-state index in [1.54, 1.807) is 0 Å². The number of halogens is 1. The van der Waals surface area contributed by atoms with Crippen LogP contribution in [0.4, 0.5) is 0 Å². The summed E-state index contributed by atoms with van der Waals surface area (Å²) >= 11 is 6.12. The summed E-state index contributed by atoms with van der Waals surface area (Å²) in [6.07, 6.45) is 4.54. The minimum absolute atomic E-state index is 0.0207. The fraction of sp³-hybridized carbons (Fsp3) is 0.600. The van der Waals surface area contributed by atoms with Crippen molar-refractivity contribution in [2.75, 3.05) is 19.6 Å². The molecule has 0 radical (unpaired) electrons. The summed E-state index contributed by atoms with van der Waals surface area (Å²) in [7, 11) is 0. The molecule has 2 amide bonds. The van der Waals surface area contributed by atoms with E-state index in [2.05, 4.69) is 10.6 Å². The lowest BCUT2D eigenvalue weighted by atomic mass is 10.0. The smallest absolute Gasteiger partial charge is 0.225 e. The quantitative estimate of drug-likeness (QED) is 0.829. The number of hydrogen-bond acceptors (Lipinski definition) is 3. The minimum atomic E-state index is -0.148. The van der Waals surface area contributed by atoms with Gasteiger partial charge in [-0.25, -0.2) is 0 Å². The molecule has 1 heterocycles. The number of nitrogens with zero attached hydrogens (tertiary/aromatic N) is 1. The first-order valence-corrected chi connectivity index (χ1v) is 9.98. The van der Waals surface area contributed by atoms with Gasteiger partial charge in [-0.1, -0.05) is 36.6 Å². The lowest BCUT2D eigenvalue weighted by Crippen LogP contribution is -2.50. The zero-order valence-electron chi connectivity index (χ0n) is 15.3. The van der Waals surface area contributed by atoms with E-state index in [4.69, 9.17) is 11.6 Å². The highest BCUT2D eigenvalue weighted by atomic mass is 35.5. The highest BCUT2D eigenvalue weighted by molar-refractivity contribution is 6.30. The molecule has 1 aliphatic carbocycles. The molecule has 142 valence electrons. The number of rotatable bonds is 5. The van der Waals surface area contributed by atoms with Crippen LogP contribution < -0.4 is 10.6 Å². The largest absolute Gasteiger partial charge is 0.353 e. The van der Waals surface area contributed by atoms with Gasteiger partial charge in [-0.15, -0.1) is 0 Å². The van der Waals surface area contributed by atoms with Gasteiger partial charge in [0, 0.05) is 43.0 Å². The molecule has 2 unspecified atom stereocenters. The van der Waals surface area contributed by atoms with Crippen LogP contribution in [-0.2, 0) is 9.59 Å². The highest BCUT2D eigenvalue weighted by Crippen LogP contribution is 2.26. The first-order valence-electron chi connectivity index (χ1n) is 9.60. The maximum absolute atomic E-state index is 12.9. The van der Waals surface area contributed by atoms with Crippen LogP contribution in [-0.4, -0.2) is 42.4 Å². The average molecular weight is 378 g/mol. The summed E-state index contributed by atoms with van der Waals surface area (Å²) in [6.45, 7) is 4.08. The van der Waals surface area contributed by atoms with Crippen molar-refractivity contribution in [3.63, 3.8) is 0 Å². The summed E-state index contributed by atoms with van der Waals surface area (Å²) in [5.41, 5.74) is 1.04. The fourth-order valence-corrected chi connectivity index (χ4v) is 4.19. The molecule has 0 bridgehead atoms. The molecular formula is C20H28ClN3O2. The number of piperazine rings is 1. The summed E-state index contributed by atoms with van der Waals surface area (Å²) < 4.78 is 0. The normalized spacial score (nSPS) is 22.2. The fourth-order valence-electron chi connectivity index (χ4n) is 3.99. The van der Waals surface area contributed by atoms with E-state index in [0.717, 1.165) is 44.3 Å². The Morgan fingerprint density at radius 1 is 1.35 bits per heavy atom. The Morgan fingerprint density at radius 3 is 2.85 bits per heavy atom. The zero-order chi connectivity index (χ0) is 18.5. The van der Waals surface area contributed by atoms with Gasteiger partial charge in [0.15, 0.2) is 0 Å². The molecule has 2 aliphatic rings. The molecule has 1 aromatic rings. The Balaban J connectivity index is 1.60. The summed E-state index contributed by atoms with van der Waals surface area (Å²) in [5.74, 6) is 0.316. The molecule has 0 aromatic heterocycles. The highest BCUT2D eigenvalue weighted by Gasteiger charge is 2.30. The third-order valence-electron chi connectivity index (χ3n) is 5.39. The summed E-state index contributed by atoms with van der Waals surface area (Å²) in [5, 5.41) is 7.06. The van der Waals surface area contributed by atoms with Crippen molar-refractivity contribution < 1.29 is 9.59 Å². The first kappa shape index (κ1) is 19.2. The Bertz CT molecular complexity index is 646. The van der Waals surface area contributed by atoms with Gasteiger partial charge in [0.25, 0.3) is 0 Å². The van der Waals surface area contributed by atoms with Crippen LogP contribution in [0, 0.1) is 5.92 Å². The van der Waals surface area contributed by atoms with Crippen molar-refractivity contribution in [2.24, 2.45) is 5.92 Å². The molecule has 26 heavy (non-hydrogen) atoms. The Hall–Kier alpha value is -1.59. The van der Waals surface area contributed by atoms with Gasteiger partial charge in [0.05, 0.1) is 6.04 Å². The van der Waals surface area contributed by atoms with Gasteiger partial charge in [-0.05, 0) is 37.5 Å². The lowest BCUT2D eigenvalue weighted by Gasteiger charge is -2.37. The van der Waals surface area contributed by atoms with Gasteiger partial charge in [-0.2, -0.15) is 0 Å². The maximum Gasteiger partial charge on any atom is 0.225 e. The maximum atomic E-state index is 12.9. The Morgan fingerprint density at radius 2 is 2.12 bits per heavy atom. The molecule has 1 aliphatic heterocycles. The van der Waals surface area contributed by atoms with Crippen LogP contribution in [0.25, 0.3) is 0 Å². The van der Waals surface area contributed by atoms with E-state index in [-0.39, 0.29) is 29.8 Å². The van der Waals surface area contributed by atoms with Crippen LogP contribution >= 0.6 is 11.6 Å².